The van der Waals surface area contributed by atoms with Crippen molar-refractivity contribution in [3.05, 3.63) is 29.6 Å². The number of carbonyl (C=O) groups excluding carboxylic acids is 1. The van der Waals surface area contributed by atoms with Crippen molar-refractivity contribution in [1.82, 2.24) is 14.7 Å². The van der Waals surface area contributed by atoms with Gasteiger partial charge in [-0.15, -0.1) is 0 Å². The molecule has 28 heavy (non-hydrogen) atoms. The first kappa shape index (κ1) is 19.2. The summed E-state index contributed by atoms with van der Waals surface area (Å²) < 4.78 is 7.46. The van der Waals surface area contributed by atoms with Crippen LogP contribution in [0.25, 0.3) is 5.65 Å². The molecule has 1 amide bonds. The van der Waals surface area contributed by atoms with Gasteiger partial charge < -0.3 is 19.8 Å². The molecule has 0 spiro atoms. The van der Waals surface area contributed by atoms with Gasteiger partial charge in [-0.1, -0.05) is 0 Å². The van der Waals surface area contributed by atoms with Crippen LogP contribution in [0.1, 0.15) is 68.4 Å². The van der Waals surface area contributed by atoms with E-state index < -0.39 is 0 Å². The number of fused-ring (bicyclic) bond motifs is 1. The molecule has 0 saturated heterocycles. The highest BCUT2D eigenvalue weighted by molar-refractivity contribution is 6.00. The topological polar surface area (TPSA) is 67.7 Å². The maximum absolute atomic E-state index is 13.0. The minimum atomic E-state index is -0.170. The fourth-order valence-electron chi connectivity index (χ4n) is 4.41. The molecule has 0 bridgehead atoms. The van der Waals surface area contributed by atoms with Crippen LogP contribution in [0.2, 0.25) is 0 Å². The number of anilines is 1. The summed E-state index contributed by atoms with van der Waals surface area (Å²) in [6, 6.07) is 4.34. The van der Waals surface area contributed by atoms with Crippen molar-refractivity contribution >= 4 is 17.4 Å². The van der Waals surface area contributed by atoms with E-state index in [0.29, 0.717) is 23.6 Å². The molecule has 6 heteroatoms. The number of ether oxygens (including phenoxy) is 1. The van der Waals surface area contributed by atoms with Crippen molar-refractivity contribution in [1.29, 1.82) is 0 Å². The number of rotatable bonds is 6. The van der Waals surface area contributed by atoms with Crippen molar-refractivity contribution in [3.8, 4) is 0 Å². The van der Waals surface area contributed by atoms with Crippen LogP contribution in [0.5, 0.6) is 0 Å². The molecule has 2 aliphatic rings. The number of aryl methyl sites for hydroxylation is 1. The quantitative estimate of drug-likeness (QED) is 0.792. The van der Waals surface area contributed by atoms with Gasteiger partial charge in [-0.3, -0.25) is 4.79 Å². The zero-order valence-electron chi connectivity index (χ0n) is 17.4. The minimum absolute atomic E-state index is 0.0379. The normalized spacial score (nSPS) is 23.0. The number of carbonyl (C=O) groups is 1. The summed E-state index contributed by atoms with van der Waals surface area (Å²) in [6.07, 6.45) is 9.01. The summed E-state index contributed by atoms with van der Waals surface area (Å²) >= 11 is 0. The summed E-state index contributed by atoms with van der Waals surface area (Å²) in [5, 5.41) is 6.80. The molecule has 0 atom stereocenters. The highest BCUT2D eigenvalue weighted by atomic mass is 16.5. The monoisotopic (exact) mass is 384 g/mol. The van der Waals surface area contributed by atoms with Crippen LogP contribution in [0.15, 0.2) is 18.3 Å². The van der Waals surface area contributed by atoms with Gasteiger partial charge in [0, 0.05) is 36.6 Å². The van der Waals surface area contributed by atoms with Crippen LogP contribution in [0.3, 0.4) is 0 Å². The van der Waals surface area contributed by atoms with E-state index >= 15 is 0 Å². The van der Waals surface area contributed by atoms with E-state index in [1.54, 1.807) is 7.11 Å². The first-order chi connectivity index (χ1) is 13.4. The van der Waals surface area contributed by atoms with Crippen LogP contribution in [-0.4, -0.2) is 40.1 Å². The molecular formula is C22H32N4O2. The summed E-state index contributed by atoms with van der Waals surface area (Å²) in [6.45, 7) is 6.28. The molecule has 0 radical (unpaired) electrons. The van der Waals surface area contributed by atoms with Crippen molar-refractivity contribution in [3.63, 3.8) is 0 Å². The van der Waals surface area contributed by atoms with Gasteiger partial charge in [0.1, 0.15) is 5.82 Å². The maximum atomic E-state index is 13.0. The third-order valence-corrected chi connectivity index (χ3v) is 6.45. The molecule has 0 aromatic carbocycles. The molecule has 2 aromatic rings. The van der Waals surface area contributed by atoms with Crippen molar-refractivity contribution < 1.29 is 9.53 Å². The molecule has 0 unspecified atom stereocenters. The molecule has 152 valence electrons. The van der Waals surface area contributed by atoms with Gasteiger partial charge in [0.2, 0.25) is 0 Å². The highest BCUT2D eigenvalue weighted by Crippen LogP contribution is 2.39. The van der Waals surface area contributed by atoms with Gasteiger partial charge in [-0.25, -0.2) is 4.98 Å². The number of amides is 1. The molecule has 2 aliphatic carbocycles. The molecular weight excluding hydrogens is 352 g/mol. The lowest BCUT2D eigenvalue weighted by Gasteiger charge is -2.28. The molecule has 2 saturated carbocycles. The molecule has 6 nitrogen and oxygen atoms in total. The number of hydrogen-bond acceptors (Lipinski definition) is 4. The van der Waals surface area contributed by atoms with E-state index in [4.69, 9.17) is 9.72 Å². The Morgan fingerprint density at radius 3 is 2.57 bits per heavy atom. The number of methoxy groups -OCH3 is 1. The predicted octanol–water partition coefficient (Wildman–Crippen LogP) is 3.93. The van der Waals surface area contributed by atoms with Crippen LogP contribution in [0, 0.1) is 12.8 Å². The van der Waals surface area contributed by atoms with Gasteiger partial charge in [0.25, 0.3) is 5.91 Å². The molecule has 2 heterocycles. The largest absolute Gasteiger partial charge is 0.381 e. The Balaban J connectivity index is 1.53. The third-order valence-electron chi connectivity index (χ3n) is 6.45. The van der Waals surface area contributed by atoms with E-state index in [9.17, 15) is 4.79 Å². The fraction of sp³-hybridized carbons (Fsp3) is 0.636. The van der Waals surface area contributed by atoms with Gasteiger partial charge >= 0.3 is 0 Å². The maximum Gasteiger partial charge on any atom is 0.255 e. The second-order valence-electron chi connectivity index (χ2n) is 9.01. The van der Waals surface area contributed by atoms with Crippen LogP contribution < -0.4 is 10.6 Å². The van der Waals surface area contributed by atoms with Gasteiger partial charge in [-0.05, 0) is 71.3 Å². The van der Waals surface area contributed by atoms with Crippen molar-refractivity contribution in [2.24, 2.45) is 5.92 Å². The van der Waals surface area contributed by atoms with Crippen LogP contribution in [0.4, 0.5) is 5.82 Å². The van der Waals surface area contributed by atoms with E-state index in [1.807, 2.05) is 16.7 Å². The smallest absolute Gasteiger partial charge is 0.255 e. The average molecular weight is 385 g/mol. The molecule has 2 N–H and O–H groups in total. The molecule has 0 aliphatic heterocycles. The second kappa shape index (κ2) is 7.39. The van der Waals surface area contributed by atoms with Gasteiger partial charge in [0.15, 0.2) is 5.65 Å². The van der Waals surface area contributed by atoms with Crippen LogP contribution >= 0.6 is 0 Å². The standard InChI is InChI=1S/C22H32N4O2/c1-14-13-19(23-16-7-9-17(28-4)10-8-16)24-20-18(11-12-26(14)20)21(27)25-22(2,3)15-5-6-15/h11-13,15-17H,5-10H2,1-4H3,(H,23,24)(H,25,27)/t16-,17-. The Morgan fingerprint density at radius 2 is 1.93 bits per heavy atom. The lowest BCUT2D eigenvalue weighted by atomic mass is 9.93. The average Bonchev–Trinajstić information content (AvgIpc) is 3.43. The molecule has 2 fully saturated rings. The Hall–Kier alpha value is -2.08. The Bertz CT molecular complexity index is 861. The van der Waals surface area contributed by atoms with Crippen molar-refractivity contribution in [2.75, 3.05) is 12.4 Å². The lowest BCUT2D eigenvalue weighted by Crippen LogP contribution is -2.45. The highest BCUT2D eigenvalue weighted by Gasteiger charge is 2.39. The van der Waals surface area contributed by atoms with E-state index in [1.165, 1.54) is 12.8 Å². The summed E-state index contributed by atoms with van der Waals surface area (Å²) in [5.41, 5.74) is 2.26. The van der Waals surface area contributed by atoms with Gasteiger partial charge in [0.05, 0.1) is 11.7 Å². The number of nitrogens with one attached hydrogen (secondary N) is 2. The minimum Gasteiger partial charge on any atom is -0.381 e. The summed E-state index contributed by atoms with van der Waals surface area (Å²) in [7, 11) is 1.79. The van der Waals surface area contributed by atoms with E-state index in [0.717, 1.165) is 42.8 Å². The lowest BCUT2D eigenvalue weighted by molar-refractivity contribution is 0.0681. The Morgan fingerprint density at radius 1 is 1.21 bits per heavy atom. The number of hydrogen-bond donors (Lipinski definition) is 2. The number of nitrogens with zero attached hydrogens (tertiary/aromatic N) is 2. The zero-order valence-corrected chi connectivity index (χ0v) is 17.4. The van der Waals surface area contributed by atoms with E-state index in [-0.39, 0.29) is 11.4 Å². The first-order valence-electron chi connectivity index (χ1n) is 10.5. The molecule has 4 rings (SSSR count). The Labute approximate surface area is 167 Å². The third kappa shape index (κ3) is 3.88. The zero-order chi connectivity index (χ0) is 19.9. The summed E-state index contributed by atoms with van der Waals surface area (Å²) in [5.74, 6) is 1.39. The van der Waals surface area contributed by atoms with Gasteiger partial charge in [-0.2, -0.15) is 0 Å². The first-order valence-corrected chi connectivity index (χ1v) is 10.5. The number of aromatic nitrogens is 2. The van der Waals surface area contributed by atoms with Crippen LogP contribution in [-0.2, 0) is 4.74 Å². The Kier molecular flexibility index (Phi) is 5.08. The molecule has 2 aromatic heterocycles. The predicted molar refractivity (Wildman–Crippen MR) is 111 cm³/mol. The van der Waals surface area contributed by atoms with Crippen molar-refractivity contribution in [2.45, 2.75) is 77.0 Å². The second-order valence-corrected chi connectivity index (χ2v) is 9.01. The fourth-order valence-corrected chi connectivity index (χ4v) is 4.41. The SMILES string of the molecule is CO[C@H]1CC[C@H](Nc2cc(C)n3ccc(C(=O)NC(C)(C)C4CC4)c3n2)CC1. The summed E-state index contributed by atoms with van der Waals surface area (Å²) in [4.78, 5) is 17.8. The van der Waals surface area contributed by atoms with E-state index in [2.05, 4.69) is 37.5 Å².